The highest BCUT2D eigenvalue weighted by molar-refractivity contribution is 9.10. The van der Waals surface area contributed by atoms with Gasteiger partial charge in [0.05, 0.1) is 0 Å². The minimum atomic E-state index is 0.502. The number of pyridine rings is 1. The Kier molecular flexibility index (Phi) is 2.67. The Morgan fingerprint density at radius 2 is 2.06 bits per heavy atom. The second kappa shape index (κ2) is 4.17. The van der Waals surface area contributed by atoms with E-state index < -0.39 is 0 Å². The smallest absolute Gasteiger partial charge is 0.200 e. The minimum absolute atomic E-state index is 0.502. The van der Waals surface area contributed by atoms with Crippen molar-refractivity contribution in [3.63, 3.8) is 0 Å². The molecule has 1 fully saturated rings. The van der Waals surface area contributed by atoms with Crippen LogP contribution >= 0.6 is 15.9 Å². The Balaban J connectivity index is 1.97. The van der Waals surface area contributed by atoms with E-state index >= 15 is 0 Å². The normalized spacial score (nSPS) is 18.1. The topological polar surface area (TPSA) is 38.9 Å². The van der Waals surface area contributed by atoms with Crippen LogP contribution in [0.25, 0.3) is 11.2 Å². The Labute approximate surface area is 102 Å². The Hall–Kier alpha value is -0.900. The lowest BCUT2D eigenvalue weighted by Gasteiger charge is -2.17. The molecule has 0 atom stereocenters. The molecule has 3 nitrogen and oxygen atoms in total. The van der Waals surface area contributed by atoms with Gasteiger partial charge in [0.2, 0.25) is 0 Å². The van der Waals surface area contributed by atoms with Gasteiger partial charge in [-0.2, -0.15) is 4.98 Å². The lowest BCUT2D eigenvalue weighted by Crippen LogP contribution is -2.04. The van der Waals surface area contributed by atoms with Gasteiger partial charge in [0.1, 0.15) is 0 Å². The molecule has 0 aromatic carbocycles. The van der Waals surface area contributed by atoms with Crippen LogP contribution in [-0.4, -0.2) is 9.97 Å². The van der Waals surface area contributed by atoms with Crippen molar-refractivity contribution in [2.75, 3.05) is 0 Å². The molecule has 0 unspecified atom stereocenters. The highest BCUT2D eigenvalue weighted by Crippen LogP contribution is 2.33. The molecular formula is C12H13BrN2O. The lowest BCUT2D eigenvalue weighted by molar-refractivity contribution is 0.373. The maximum absolute atomic E-state index is 5.78. The van der Waals surface area contributed by atoms with E-state index in [1.165, 1.54) is 32.1 Å². The van der Waals surface area contributed by atoms with Gasteiger partial charge in [-0.15, -0.1) is 0 Å². The number of halogens is 1. The van der Waals surface area contributed by atoms with Crippen molar-refractivity contribution in [1.82, 2.24) is 9.97 Å². The summed E-state index contributed by atoms with van der Waals surface area (Å²) in [6, 6.07) is 1.93. The first kappa shape index (κ1) is 10.3. The molecule has 3 rings (SSSR count). The van der Waals surface area contributed by atoms with E-state index in [0.29, 0.717) is 5.92 Å². The summed E-state index contributed by atoms with van der Waals surface area (Å²) in [6.45, 7) is 0. The van der Waals surface area contributed by atoms with Crippen LogP contribution < -0.4 is 0 Å². The minimum Gasteiger partial charge on any atom is -0.439 e. The average Bonchev–Trinajstić information content (AvgIpc) is 2.73. The van der Waals surface area contributed by atoms with Crippen LogP contribution in [0.5, 0.6) is 0 Å². The second-order valence-electron chi connectivity index (χ2n) is 4.36. The molecule has 0 aliphatic heterocycles. The van der Waals surface area contributed by atoms with E-state index in [-0.39, 0.29) is 0 Å². The fourth-order valence-corrected chi connectivity index (χ4v) is 2.65. The van der Waals surface area contributed by atoms with Crippen molar-refractivity contribution in [3.05, 3.63) is 22.6 Å². The Bertz CT molecular complexity index is 503. The van der Waals surface area contributed by atoms with Gasteiger partial charge in [-0.1, -0.05) is 19.3 Å². The van der Waals surface area contributed by atoms with Crippen molar-refractivity contribution in [1.29, 1.82) is 0 Å². The highest BCUT2D eigenvalue weighted by atomic mass is 79.9. The maximum Gasteiger partial charge on any atom is 0.200 e. The van der Waals surface area contributed by atoms with Crippen LogP contribution in [0.1, 0.15) is 43.9 Å². The van der Waals surface area contributed by atoms with E-state index in [2.05, 4.69) is 25.9 Å². The van der Waals surface area contributed by atoms with Gasteiger partial charge in [-0.3, -0.25) is 0 Å². The zero-order valence-corrected chi connectivity index (χ0v) is 10.5. The standard InChI is InChI=1S/C12H13BrN2O/c13-9-6-10-11(14-7-9)15-12(16-10)8-4-2-1-3-5-8/h6-8H,1-5H2. The van der Waals surface area contributed by atoms with Gasteiger partial charge >= 0.3 is 0 Å². The summed E-state index contributed by atoms with van der Waals surface area (Å²) in [5.41, 5.74) is 1.51. The van der Waals surface area contributed by atoms with E-state index in [1.54, 1.807) is 6.20 Å². The van der Waals surface area contributed by atoms with Crippen molar-refractivity contribution in [3.8, 4) is 0 Å². The number of rotatable bonds is 1. The van der Waals surface area contributed by atoms with Crippen molar-refractivity contribution in [2.45, 2.75) is 38.0 Å². The number of hydrogen-bond donors (Lipinski definition) is 0. The number of hydrogen-bond acceptors (Lipinski definition) is 3. The fourth-order valence-electron chi connectivity index (χ4n) is 2.34. The van der Waals surface area contributed by atoms with Crippen LogP contribution in [0.3, 0.4) is 0 Å². The lowest BCUT2D eigenvalue weighted by atomic mass is 9.89. The van der Waals surface area contributed by atoms with E-state index in [0.717, 1.165) is 21.6 Å². The summed E-state index contributed by atoms with van der Waals surface area (Å²) in [5.74, 6) is 1.38. The van der Waals surface area contributed by atoms with E-state index in [9.17, 15) is 0 Å². The summed E-state index contributed by atoms with van der Waals surface area (Å²) >= 11 is 3.39. The summed E-state index contributed by atoms with van der Waals surface area (Å²) < 4.78 is 6.72. The highest BCUT2D eigenvalue weighted by Gasteiger charge is 2.21. The fraction of sp³-hybridized carbons (Fsp3) is 0.500. The molecule has 0 N–H and O–H groups in total. The Morgan fingerprint density at radius 3 is 2.88 bits per heavy atom. The van der Waals surface area contributed by atoms with Crippen LogP contribution in [0.15, 0.2) is 21.2 Å². The molecule has 2 aromatic rings. The van der Waals surface area contributed by atoms with Crippen LogP contribution in [-0.2, 0) is 0 Å². The predicted molar refractivity (Wildman–Crippen MR) is 65.3 cm³/mol. The molecule has 2 aromatic heterocycles. The SMILES string of the molecule is Brc1cnc2nc(C3CCCCC3)oc2c1. The molecule has 0 amide bonds. The Morgan fingerprint density at radius 1 is 1.25 bits per heavy atom. The van der Waals surface area contributed by atoms with Crippen LogP contribution in [0.4, 0.5) is 0 Å². The third-order valence-corrected chi connectivity index (χ3v) is 3.62. The quantitative estimate of drug-likeness (QED) is 0.792. The molecule has 0 bridgehead atoms. The van der Waals surface area contributed by atoms with Crippen molar-refractivity contribution < 1.29 is 4.42 Å². The van der Waals surface area contributed by atoms with Gasteiger partial charge in [0, 0.05) is 22.7 Å². The van der Waals surface area contributed by atoms with Gasteiger partial charge < -0.3 is 4.42 Å². The molecule has 0 spiro atoms. The molecule has 2 heterocycles. The first-order valence-corrected chi connectivity index (χ1v) is 6.54. The number of oxazole rings is 1. The molecule has 0 saturated heterocycles. The van der Waals surface area contributed by atoms with Crippen molar-refractivity contribution >= 4 is 27.2 Å². The number of fused-ring (bicyclic) bond motifs is 1. The van der Waals surface area contributed by atoms with Gasteiger partial charge in [0.25, 0.3) is 0 Å². The summed E-state index contributed by atoms with van der Waals surface area (Å²) in [5, 5.41) is 0. The van der Waals surface area contributed by atoms with Crippen LogP contribution in [0.2, 0.25) is 0 Å². The monoisotopic (exact) mass is 280 g/mol. The molecule has 1 aliphatic rings. The largest absolute Gasteiger partial charge is 0.439 e. The summed E-state index contributed by atoms with van der Waals surface area (Å²) in [6.07, 6.45) is 8.10. The third-order valence-electron chi connectivity index (χ3n) is 3.18. The molecule has 1 saturated carbocycles. The average molecular weight is 281 g/mol. The predicted octanol–water partition coefficient (Wildman–Crippen LogP) is 4.03. The number of nitrogens with zero attached hydrogens (tertiary/aromatic N) is 2. The number of aromatic nitrogens is 2. The maximum atomic E-state index is 5.78. The van der Waals surface area contributed by atoms with Gasteiger partial charge in [-0.25, -0.2) is 4.98 Å². The zero-order valence-electron chi connectivity index (χ0n) is 8.95. The first-order valence-electron chi connectivity index (χ1n) is 5.75. The van der Waals surface area contributed by atoms with Crippen molar-refractivity contribution in [2.24, 2.45) is 0 Å². The van der Waals surface area contributed by atoms with E-state index in [1.807, 2.05) is 6.07 Å². The van der Waals surface area contributed by atoms with Crippen LogP contribution in [0, 0.1) is 0 Å². The van der Waals surface area contributed by atoms with Gasteiger partial charge in [-0.05, 0) is 28.8 Å². The summed E-state index contributed by atoms with van der Waals surface area (Å²) in [7, 11) is 0. The van der Waals surface area contributed by atoms with E-state index in [4.69, 9.17) is 4.42 Å². The molecule has 16 heavy (non-hydrogen) atoms. The molecular weight excluding hydrogens is 268 g/mol. The molecule has 1 aliphatic carbocycles. The van der Waals surface area contributed by atoms with Gasteiger partial charge in [0.15, 0.2) is 17.1 Å². The zero-order chi connectivity index (χ0) is 11.0. The first-order chi connectivity index (χ1) is 7.83. The molecule has 4 heteroatoms. The second-order valence-corrected chi connectivity index (χ2v) is 5.28. The molecule has 84 valence electrons. The summed E-state index contributed by atoms with van der Waals surface area (Å²) in [4.78, 5) is 8.72. The molecule has 0 radical (unpaired) electrons. The third kappa shape index (κ3) is 1.86.